The van der Waals surface area contributed by atoms with Gasteiger partial charge in [-0.2, -0.15) is 12.6 Å². The molecule has 2 heteroatoms. The van der Waals surface area contributed by atoms with E-state index in [0.717, 1.165) is 12.8 Å². The average molecular weight is 336 g/mol. The Morgan fingerprint density at radius 2 is 1.74 bits per heavy atom. The van der Waals surface area contributed by atoms with Crippen molar-refractivity contribution in [3.8, 4) is 0 Å². The van der Waals surface area contributed by atoms with Crippen LogP contribution < -0.4 is 5.32 Å². The number of likely N-dealkylation sites (N-methyl/N-ethyl adjacent to an activating group) is 1. The predicted octanol–water partition coefficient (Wildman–Crippen LogP) is 6.46. The van der Waals surface area contributed by atoms with Crippen molar-refractivity contribution >= 4 is 12.6 Å². The highest BCUT2D eigenvalue weighted by molar-refractivity contribution is 7.81. The van der Waals surface area contributed by atoms with Crippen LogP contribution in [0.5, 0.6) is 0 Å². The van der Waals surface area contributed by atoms with Gasteiger partial charge in [0.15, 0.2) is 0 Å². The van der Waals surface area contributed by atoms with Gasteiger partial charge in [-0.15, -0.1) is 0 Å². The monoisotopic (exact) mass is 335 g/mol. The molecule has 1 aliphatic rings. The lowest BCUT2D eigenvalue weighted by atomic mass is 9.83. The van der Waals surface area contributed by atoms with Gasteiger partial charge in [0.1, 0.15) is 0 Å². The third kappa shape index (κ3) is 7.97. The summed E-state index contributed by atoms with van der Waals surface area (Å²) < 4.78 is 0.132. The molecule has 1 aliphatic carbocycles. The SMILES string of the molecule is CC(C)(C)C(C)(C)S.CC/C=C(/NC)C1=CC(C)=C(C)CC=C1. The smallest absolute Gasteiger partial charge is 0.0370 e. The maximum Gasteiger partial charge on any atom is 0.0370 e. The standard InChI is InChI=1S/C14H21N.C7H16S/c1-5-7-14(15-4)13-9-6-8-11(2)12(3)10-13;1-6(2,3)7(4,5)8/h6-7,9-10,15H,5,8H2,1-4H3;8H,1-5H3/b14-7+;. The van der Waals surface area contributed by atoms with Gasteiger partial charge < -0.3 is 5.32 Å². The van der Waals surface area contributed by atoms with Gasteiger partial charge in [-0.05, 0) is 37.7 Å². The number of allylic oxidation sites excluding steroid dienone is 6. The van der Waals surface area contributed by atoms with Crippen LogP contribution >= 0.6 is 12.6 Å². The van der Waals surface area contributed by atoms with Crippen molar-refractivity contribution in [2.45, 2.75) is 73.0 Å². The van der Waals surface area contributed by atoms with Gasteiger partial charge in [0.25, 0.3) is 0 Å². The van der Waals surface area contributed by atoms with Crippen molar-refractivity contribution in [1.29, 1.82) is 0 Å². The molecule has 0 atom stereocenters. The van der Waals surface area contributed by atoms with Crippen LogP contribution in [-0.2, 0) is 0 Å². The van der Waals surface area contributed by atoms with Crippen molar-refractivity contribution < 1.29 is 0 Å². The first kappa shape index (κ1) is 22.1. The summed E-state index contributed by atoms with van der Waals surface area (Å²) >= 11 is 4.44. The molecule has 0 bridgehead atoms. The lowest BCUT2D eigenvalue weighted by Crippen LogP contribution is -2.30. The molecule has 0 heterocycles. The van der Waals surface area contributed by atoms with Gasteiger partial charge >= 0.3 is 0 Å². The van der Waals surface area contributed by atoms with E-state index >= 15 is 0 Å². The number of hydrogen-bond acceptors (Lipinski definition) is 2. The van der Waals surface area contributed by atoms with Gasteiger partial charge in [-0.1, -0.05) is 77.0 Å². The van der Waals surface area contributed by atoms with E-state index in [1.807, 2.05) is 7.05 Å². The fraction of sp³-hybridized carbons (Fsp3) is 0.619. The van der Waals surface area contributed by atoms with Crippen LogP contribution in [0.3, 0.4) is 0 Å². The second-order valence-electron chi connectivity index (χ2n) is 7.75. The predicted molar refractivity (Wildman–Crippen MR) is 110 cm³/mol. The fourth-order valence-corrected chi connectivity index (χ4v) is 1.66. The third-order valence-electron chi connectivity index (χ3n) is 4.59. The molecule has 132 valence electrons. The zero-order valence-corrected chi connectivity index (χ0v) is 17.6. The molecule has 0 aromatic carbocycles. The van der Waals surface area contributed by atoms with Crippen molar-refractivity contribution in [3.63, 3.8) is 0 Å². The van der Waals surface area contributed by atoms with Crippen LogP contribution in [0, 0.1) is 5.41 Å². The molecular weight excluding hydrogens is 298 g/mol. The van der Waals surface area contributed by atoms with E-state index in [9.17, 15) is 0 Å². The Morgan fingerprint density at radius 1 is 1.22 bits per heavy atom. The van der Waals surface area contributed by atoms with Gasteiger partial charge in [0, 0.05) is 17.5 Å². The first-order valence-electron chi connectivity index (χ1n) is 8.59. The van der Waals surface area contributed by atoms with Gasteiger partial charge in [-0.25, -0.2) is 0 Å². The molecule has 0 radical (unpaired) electrons. The molecule has 23 heavy (non-hydrogen) atoms. The quantitative estimate of drug-likeness (QED) is 0.564. The van der Waals surface area contributed by atoms with Crippen LogP contribution in [0.25, 0.3) is 0 Å². The molecule has 1 rings (SSSR count). The van der Waals surface area contributed by atoms with Crippen molar-refractivity contribution in [1.82, 2.24) is 5.32 Å². The highest BCUT2D eigenvalue weighted by Gasteiger charge is 2.28. The third-order valence-corrected chi connectivity index (χ3v) is 5.26. The van der Waals surface area contributed by atoms with Crippen LogP contribution in [-0.4, -0.2) is 11.8 Å². The summed E-state index contributed by atoms with van der Waals surface area (Å²) in [6, 6.07) is 0. The van der Waals surface area contributed by atoms with E-state index in [2.05, 4.69) is 97.6 Å². The molecule has 0 unspecified atom stereocenters. The maximum atomic E-state index is 4.44. The van der Waals surface area contributed by atoms with Gasteiger partial charge in [0.2, 0.25) is 0 Å². The Hall–Kier alpha value is -0.890. The van der Waals surface area contributed by atoms with E-state index < -0.39 is 0 Å². The van der Waals surface area contributed by atoms with Crippen molar-refractivity contribution in [2.75, 3.05) is 7.05 Å². The maximum absolute atomic E-state index is 4.44. The first-order chi connectivity index (χ1) is 10.4. The Kier molecular flexibility index (Phi) is 9.05. The summed E-state index contributed by atoms with van der Waals surface area (Å²) in [5.74, 6) is 0. The van der Waals surface area contributed by atoms with E-state index in [1.165, 1.54) is 22.4 Å². The lowest BCUT2D eigenvalue weighted by molar-refractivity contribution is 0.322. The summed E-state index contributed by atoms with van der Waals surface area (Å²) in [6.45, 7) is 17.4. The van der Waals surface area contributed by atoms with E-state index in [-0.39, 0.29) is 4.75 Å². The minimum Gasteiger partial charge on any atom is -0.388 e. The summed E-state index contributed by atoms with van der Waals surface area (Å²) in [5.41, 5.74) is 5.65. The normalized spacial score (nSPS) is 16.4. The molecule has 0 aromatic rings. The second kappa shape index (κ2) is 9.42. The largest absolute Gasteiger partial charge is 0.388 e. The molecule has 0 fully saturated rings. The summed E-state index contributed by atoms with van der Waals surface area (Å²) in [6.07, 6.45) is 11.1. The summed E-state index contributed by atoms with van der Waals surface area (Å²) in [5, 5.41) is 3.25. The molecule has 1 nitrogen and oxygen atoms in total. The van der Waals surface area contributed by atoms with Crippen LogP contribution in [0.1, 0.15) is 68.2 Å². The zero-order valence-electron chi connectivity index (χ0n) is 16.7. The topological polar surface area (TPSA) is 12.0 Å². The van der Waals surface area contributed by atoms with E-state index in [1.54, 1.807) is 0 Å². The van der Waals surface area contributed by atoms with E-state index in [4.69, 9.17) is 0 Å². The minimum atomic E-state index is 0.132. The molecule has 0 saturated heterocycles. The van der Waals surface area contributed by atoms with Crippen LogP contribution in [0.2, 0.25) is 0 Å². The molecular formula is C21H37NS. The minimum absolute atomic E-state index is 0.132. The zero-order chi connectivity index (χ0) is 18.3. The van der Waals surface area contributed by atoms with Gasteiger partial charge in [-0.3, -0.25) is 0 Å². The highest BCUT2D eigenvalue weighted by Crippen LogP contribution is 2.34. The number of rotatable bonds is 3. The van der Waals surface area contributed by atoms with Gasteiger partial charge in [0.05, 0.1) is 0 Å². The number of thiol groups is 1. The summed E-state index contributed by atoms with van der Waals surface area (Å²) in [7, 11) is 1.98. The van der Waals surface area contributed by atoms with Crippen LogP contribution in [0.15, 0.2) is 46.7 Å². The van der Waals surface area contributed by atoms with Crippen molar-refractivity contribution in [2.24, 2.45) is 5.41 Å². The Labute approximate surface area is 150 Å². The first-order valence-corrected chi connectivity index (χ1v) is 9.04. The summed E-state index contributed by atoms with van der Waals surface area (Å²) in [4.78, 5) is 0. The Morgan fingerprint density at radius 3 is 2.13 bits per heavy atom. The fourth-order valence-electron chi connectivity index (χ4n) is 1.66. The van der Waals surface area contributed by atoms with Crippen molar-refractivity contribution in [3.05, 3.63) is 46.7 Å². The molecule has 0 amide bonds. The number of hydrogen-bond donors (Lipinski definition) is 2. The second-order valence-corrected chi connectivity index (χ2v) is 8.87. The van der Waals surface area contributed by atoms with Crippen LogP contribution in [0.4, 0.5) is 0 Å². The number of nitrogens with one attached hydrogen (secondary N) is 1. The molecule has 0 aliphatic heterocycles. The average Bonchev–Trinajstić information content (AvgIpc) is 2.57. The highest BCUT2D eigenvalue weighted by atomic mass is 32.1. The lowest BCUT2D eigenvalue weighted by Gasteiger charge is -2.33. The van der Waals surface area contributed by atoms with E-state index in [0.29, 0.717) is 5.41 Å². The molecule has 0 spiro atoms. The molecule has 0 aromatic heterocycles. The molecule has 0 saturated carbocycles. The Balaban J connectivity index is 0.000000515. The molecule has 1 N–H and O–H groups in total. The Bertz CT molecular complexity index is 479.